The van der Waals surface area contributed by atoms with Gasteiger partial charge in [-0.3, -0.25) is 4.99 Å². The zero-order valence-corrected chi connectivity index (χ0v) is 11.2. The third kappa shape index (κ3) is 3.76. The Balaban J connectivity index is 2.91. The van der Waals surface area contributed by atoms with Gasteiger partial charge in [-0.25, -0.2) is 4.98 Å². The molecule has 4 N–H and O–H groups in total. The molecule has 1 rings (SSSR count). The monoisotopic (exact) mass is 237 g/mol. The highest BCUT2D eigenvalue weighted by molar-refractivity contribution is 5.99. The number of aromatic nitrogens is 2. The van der Waals surface area contributed by atoms with Gasteiger partial charge in [-0.05, 0) is 11.8 Å². The van der Waals surface area contributed by atoms with E-state index in [0.717, 1.165) is 13.0 Å². The molecule has 96 valence electrons. The Hall–Kier alpha value is -1.52. The zero-order chi connectivity index (χ0) is 13.1. The SMILES string of the molecule is CCC/N=C(/N)c1ncn(CC(C)(C)C)c1N. The van der Waals surface area contributed by atoms with Crippen LogP contribution >= 0.6 is 0 Å². The first-order valence-electron chi connectivity index (χ1n) is 5.96. The largest absolute Gasteiger partial charge is 0.383 e. The van der Waals surface area contributed by atoms with Crippen LogP contribution in [0.5, 0.6) is 0 Å². The molecule has 0 aliphatic heterocycles. The van der Waals surface area contributed by atoms with Gasteiger partial charge >= 0.3 is 0 Å². The van der Waals surface area contributed by atoms with Crippen LogP contribution in [0.1, 0.15) is 39.8 Å². The molecule has 1 aromatic rings. The van der Waals surface area contributed by atoms with Crippen LogP contribution in [0, 0.1) is 5.41 Å². The lowest BCUT2D eigenvalue weighted by atomic mass is 9.97. The van der Waals surface area contributed by atoms with E-state index in [1.807, 2.05) is 4.57 Å². The standard InChI is InChI=1S/C12H23N5/c1-5-6-15-10(13)9-11(14)17(8-16-9)7-12(2,3)4/h8H,5-7,14H2,1-4H3,(H2,13,15). The van der Waals surface area contributed by atoms with Crippen molar-refractivity contribution in [3.63, 3.8) is 0 Å². The third-order valence-corrected chi connectivity index (χ3v) is 2.27. The van der Waals surface area contributed by atoms with Crippen LogP contribution in [-0.2, 0) is 6.54 Å². The van der Waals surface area contributed by atoms with E-state index < -0.39 is 0 Å². The van der Waals surface area contributed by atoms with Crippen molar-refractivity contribution in [3.8, 4) is 0 Å². The number of aliphatic imine (C=N–C) groups is 1. The highest BCUT2D eigenvalue weighted by atomic mass is 15.1. The average molecular weight is 237 g/mol. The second-order valence-corrected chi connectivity index (χ2v) is 5.43. The van der Waals surface area contributed by atoms with E-state index in [9.17, 15) is 0 Å². The van der Waals surface area contributed by atoms with Crippen LogP contribution in [0.2, 0.25) is 0 Å². The topological polar surface area (TPSA) is 82.2 Å². The number of amidine groups is 1. The van der Waals surface area contributed by atoms with Crippen LogP contribution < -0.4 is 11.5 Å². The molecule has 5 heteroatoms. The van der Waals surface area contributed by atoms with Gasteiger partial charge in [-0.1, -0.05) is 27.7 Å². The van der Waals surface area contributed by atoms with Crippen LogP contribution in [0.3, 0.4) is 0 Å². The van der Waals surface area contributed by atoms with Gasteiger partial charge in [0.25, 0.3) is 0 Å². The first-order chi connectivity index (χ1) is 7.85. The van der Waals surface area contributed by atoms with Gasteiger partial charge in [0.2, 0.25) is 0 Å². The third-order valence-electron chi connectivity index (χ3n) is 2.27. The minimum atomic E-state index is 0.154. The zero-order valence-electron chi connectivity index (χ0n) is 11.2. The Morgan fingerprint density at radius 3 is 2.65 bits per heavy atom. The maximum absolute atomic E-state index is 6.02. The van der Waals surface area contributed by atoms with E-state index in [1.165, 1.54) is 0 Å². The number of hydrogen-bond acceptors (Lipinski definition) is 3. The van der Waals surface area contributed by atoms with Crippen LogP contribution in [-0.4, -0.2) is 21.9 Å². The number of imidazole rings is 1. The van der Waals surface area contributed by atoms with Gasteiger partial charge in [0, 0.05) is 13.1 Å². The summed E-state index contributed by atoms with van der Waals surface area (Å²) in [6, 6.07) is 0. The normalized spacial score (nSPS) is 13.1. The van der Waals surface area contributed by atoms with Gasteiger partial charge in [-0.2, -0.15) is 0 Å². The lowest BCUT2D eigenvalue weighted by Gasteiger charge is -2.19. The summed E-state index contributed by atoms with van der Waals surface area (Å²) in [6.45, 7) is 10.0. The summed E-state index contributed by atoms with van der Waals surface area (Å²) < 4.78 is 1.92. The predicted molar refractivity (Wildman–Crippen MR) is 72.0 cm³/mol. The second-order valence-electron chi connectivity index (χ2n) is 5.43. The van der Waals surface area contributed by atoms with Gasteiger partial charge in [0.1, 0.15) is 17.3 Å². The maximum Gasteiger partial charge on any atom is 0.148 e. The fraction of sp³-hybridized carbons (Fsp3) is 0.667. The lowest BCUT2D eigenvalue weighted by molar-refractivity contribution is 0.346. The molecule has 0 amide bonds. The van der Waals surface area contributed by atoms with E-state index in [1.54, 1.807) is 6.33 Å². The molecular formula is C12H23N5. The summed E-state index contributed by atoms with van der Waals surface area (Å²) in [7, 11) is 0. The predicted octanol–water partition coefficient (Wildman–Crippen LogP) is 1.63. The van der Waals surface area contributed by atoms with E-state index in [2.05, 4.69) is 37.7 Å². The van der Waals surface area contributed by atoms with E-state index >= 15 is 0 Å². The molecule has 0 unspecified atom stereocenters. The summed E-state index contributed by atoms with van der Waals surface area (Å²) in [6.07, 6.45) is 2.69. The fourth-order valence-electron chi connectivity index (χ4n) is 1.53. The first kappa shape index (κ1) is 13.5. The summed E-state index contributed by atoms with van der Waals surface area (Å²) in [4.78, 5) is 8.46. The van der Waals surface area contributed by atoms with E-state index in [-0.39, 0.29) is 5.41 Å². The number of anilines is 1. The number of hydrogen-bond donors (Lipinski definition) is 2. The maximum atomic E-state index is 6.02. The molecule has 1 aromatic heterocycles. The molecule has 0 fully saturated rings. The average Bonchev–Trinajstić information content (AvgIpc) is 2.55. The quantitative estimate of drug-likeness (QED) is 0.616. The van der Waals surface area contributed by atoms with Crippen molar-refractivity contribution in [1.29, 1.82) is 0 Å². The molecule has 0 bridgehead atoms. The van der Waals surface area contributed by atoms with Crippen molar-refractivity contribution >= 4 is 11.7 Å². The van der Waals surface area contributed by atoms with Gasteiger partial charge in [-0.15, -0.1) is 0 Å². The number of nitrogens with zero attached hydrogens (tertiary/aromatic N) is 3. The summed E-state index contributed by atoms with van der Waals surface area (Å²) in [5, 5.41) is 0. The van der Waals surface area contributed by atoms with Gasteiger partial charge in [0.15, 0.2) is 0 Å². The first-order valence-corrected chi connectivity index (χ1v) is 5.96. The molecular weight excluding hydrogens is 214 g/mol. The Kier molecular flexibility index (Phi) is 4.15. The summed E-state index contributed by atoms with van der Waals surface area (Å²) in [5.74, 6) is 1.02. The Morgan fingerprint density at radius 1 is 1.47 bits per heavy atom. The number of nitrogen functional groups attached to an aromatic ring is 1. The molecule has 0 saturated heterocycles. The molecule has 0 aromatic carbocycles. The highest BCUT2D eigenvalue weighted by Gasteiger charge is 2.16. The molecule has 5 nitrogen and oxygen atoms in total. The van der Waals surface area contributed by atoms with E-state index in [0.29, 0.717) is 23.9 Å². The van der Waals surface area contributed by atoms with Crippen LogP contribution in [0.25, 0.3) is 0 Å². The van der Waals surface area contributed by atoms with Crippen molar-refractivity contribution in [1.82, 2.24) is 9.55 Å². The van der Waals surface area contributed by atoms with Gasteiger partial charge in [0.05, 0.1) is 6.33 Å². The minimum Gasteiger partial charge on any atom is -0.383 e. The molecule has 0 radical (unpaired) electrons. The molecule has 0 spiro atoms. The summed E-state index contributed by atoms with van der Waals surface area (Å²) in [5.41, 5.74) is 12.6. The van der Waals surface area contributed by atoms with E-state index in [4.69, 9.17) is 11.5 Å². The Morgan fingerprint density at radius 2 is 2.12 bits per heavy atom. The van der Waals surface area contributed by atoms with Crippen molar-refractivity contribution in [2.24, 2.45) is 16.1 Å². The van der Waals surface area contributed by atoms with Gasteiger partial charge < -0.3 is 16.0 Å². The van der Waals surface area contributed by atoms with Crippen molar-refractivity contribution in [2.45, 2.75) is 40.7 Å². The fourth-order valence-corrected chi connectivity index (χ4v) is 1.53. The van der Waals surface area contributed by atoms with Crippen LogP contribution in [0.4, 0.5) is 5.82 Å². The van der Waals surface area contributed by atoms with Crippen molar-refractivity contribution < 1.29 is 0 Å². The van der Waals surface area contributed by atoms with Crippen molar-refractivity contribution in [3.05, 3.63) is 12.0 Å². The number of rotatable bonds is 4. The Bertz CT molecular complexity index is 398. The Labute approximate surface area is 103 Å². The molecule has 0 aliphatic carbocycles. The lowest BCUT2D eigenvalue weighted by Crippen LogP contribution is -2.19. The minimum absolute atomic E-state index is 0.154. The highest BCUT2D eigenvalue weighted by Crippen LogP contribution is 2.20. The summed E-state index contributed by atoms with van der Waals surface area (Å²) >= 11 is 0. The molecule has 0 saturated carbocycles. The second kappa shape index (κ2) is 5.21. The molecule has 1 heterocycles. The molecule has 0 aliphatic rings. The smallest absolute Gasteiger partial charge is 0.148 e. The molecule has 17 heavy (non-hydrogen) atoms. The number of nitrogens with two attached hydrogens (primary N) is 2. The van der Waals surface area contributed by atoms with Crippen LogP contribution in [0.15, 0.2) is 11.3 Å². The van der Waals surface area contributed by atoms with Crippen molar-refractivity contribution in [2.75, 3.05) is 12.3 Å². The molecule has 0 atom stereocenters.